The predicted molar refractivity (Wildman–Crippen MR) is 32.2 cm³/mol. The molecule has 0 saturated carbocycles. The molecule has 2 atom stereocenters. The van der Waals surface area contributed by atoms with Crippen molar-refractivity contribution in [3.8, 4) is 0 Å². The number of rotatable bonds is 1. The molecule has 58 valence electrons. The molecule has 1 saturated heterocycles. The quantitative estimate of drug-likeness (QED) is 0.491. The summed E-state index contributed by atoms with van der Waals surface area (Å²) in [7, 11) is 0. The molecule has 0 aromatic carbocycles. The predicted octanol–water partition coefficient (Wildman–Crippen LogP) is -4.75. The van der Waals surface area contributed by atoms with Crippen molar-refractivity contribution in [2.75, 3.05) is 13.2 Å². The van der Waals surface area contributed by atoms with Crippen LogP contribution in [0.3, 0.4) is 0 Å². The fourth-order valence-corrected chi connectivity index (χ4v) is 0.930. The first kappa shape index (κ1) is 12.2. The Morgan fingerprint density at radius 1 is 1.64 bits per heavy atom. The van der Waals surface area contributed by atoms with E-state index in [0.717, 1.165) is 0 Å². The van der Waals surface area contributed by atoms with Crippen molar-refractivity contribution in [3.05, 3.63) is 0 Å². The summed E-state index contributed by atoms with van der Waals surface area (Å²) in [5, 5.41) is 13.4. The van der Waals surface area contributed by atoms with Gasteiger partial charge in [-0.3, -0.25) is 4.79 Å². The van der Waals surface area contributed by atoms with Gasteiger partial charge in [0.05, 0.1) is 6.61 Å². The average molecular weight is 230 g/mol. The molecule has 1 amide bonds. The number of carbonyl (C=O) groups is 1. The van der Waals surface area contributed by atoms with Crippen molar-refractivity contribution in [2.45, 2.75) is 19.1 Å². The van der Waals surface area contributed by atoms with Gasteiger partial charge in [-0.05, 0) is 0 Å². The fraction of sp³-hybridized carbons (Fsp3) is 0.833. The van der Waals surface area contributed by atoms with Gasteiger partial charge in [0.2, 0.25) is 5.91 Å². The first-order chi connectivity index (χ1) is 4.70. The van der Waals surface area contributed by atoms with Gasteiger partial charge in [-0.15, -0.1) is 0 Å². The molecule has 0 aromatic rings. The van der Waals surface area contributed by atoms with E-state index in [2.05, 4.69) is 5.32 Å². The summed E-state index contributed by atoms with van der Waals surface area (Å²) >= 11 is 0. The molecule has 5 heteroatoms. The van der Waals surface area contributed by atoms with E-state index in [1.165, 1.54) is 6.92 Å². The monoisotopic (exact) mass is 229 g/mol. The molecule has 1 fully saturated rings. The van der Waals surface area contributed by atoms with E-state index in [4.69, 9.17) is 4.74 Å². The van der Waals surface area contributed by atoms with E-state index in [9.17, 15) is 9.90 Å². The van der Waals surface area contributed by atoms with E-state index < -0.39 is 6.10 Å². The van der Waals surface area contributed by atoms with Crippen LogP contribution in [-0.2, 0) is 9.53 Å². The molecule has 1 aliphatic rings. The first-order valence-electron chi connectivity index (χ1n) is 3.21. The molecule has 0 aliphatic carbocycles. The van der Waals surface area contributed by atoms with Gasteiger partial charge in [-0.1, -0.05) is 6.10 Å². The van der Waals surface area contributed by atoms with Gasteiger partial charge in [0.15, 0.2) is 0 Å². The molecule has 0 radical (unpaired) electrons. The summed E-state index contributed by atoms with van der Waals surface area (Å²) in [5.74, 6) is -0.170. The number of carbonyl (C=O) groups excluding carboxylic acids is 1. The van der Waals surface area contributed by atoms with E-state index >= 15 is 0 Å². The molecular formula is C6H10NO3Rb. The molecule has 1 aliphatic heterocycles. The minimum atomic E-state index is -0.788. The molecule has 11 heavy (non-hydrogen) atoms. The van der Waals surface area contributed by atoms with E-state index in [0.29, 0.717) is 6.61 Å². The molecule has 0 aromatic heterocycles. The van der Waals surface area contributed by atoms with Crippen LogP contribution in [-0.4, -0.2) is 31.3 Å². The number of nitrogens with one attached hydrogen (secondary N) is 1. The Hall–Kier alpha value is 1.20. The van der Waals surface area contributed by atoms with E-state index in [1.54, 1.807) is 0 Å². The van der Waals surface area contributed by atoms with Crippen LogP contribution < -0.4 is 68.6 Å². The second kappa shape index (κ2) is 5.77. The third-order valence-corrected chi connectivity index (χ3v) is 1.42. The van der Waals surface area contributed by atoms with Crippen LogP contribution in [0.5, 0.6) is 0 Å². The summed E-state index contributed by atoms with van der Waals surface area (Å²) in [4.78, 5) is 10.4. The number of ether oxygens (including phenoxy) is 1. The molecule has 1 heterocycles. The molecular weight excluding hydrogens is 220 g/mol. The zero-order valence-electron chi connectivity index (χ0n) is 6.79. The zero-order valence-corrected chi connectivity index (χ0v) is 11.7. The smallest absolute Gasteiger partial charge is 0.849 e. The van der Waals surface area contributed by atoms with Gasteiger partial charge >= 0.3 is 58.2 Å². The summed E-state index contributed by atoms with van der Waals surface area (Å²) in [6, 6.07) is -0.322. The maximum Gasteiger partial charge on any atom is 1.00 e. The van der Waals surface area contributed by atoms with Gasteiger partial charge in [-0.2, -0.15) is 0 Å². The Kier molecular flexibility index (Phi) is 6.40. The van der Waals surface area contributed by atoms with Crippen LogP contribution >= 0.6 is 0 Å². The van der Waals surface area contributed by atoms with Crippen LogP contribution in [0.2, 0.25) is 0 Å². The molecule has 0 spiro atoms. The average Bonchev–Trinajstić information content (AvgIpc) is 2.15. The summed E-state index contributed by atoms with van der Waals surface area (Å²) in [5.41, 5.74) is 0. The van der Waals surface area contributed by atoms with Gasteiger partial charge in [-0.25, -0.2) is 0 Å². The van der Waals surface area contributed by atoms with Crippen LogP contribution in [0, 0.1) is 0 Å². The maximum absolute atomic E-state index is 10.9. The Labute approximate surface area is 114 Å². The second-order valence-electron chi connectivity index (χ2n) is 2.38. The number of hydrogen-bond acceptors (Lipinski definition) is 3. The molecule has 0 bridgehead atoms. The van der Waals surface area contributed by atoms with Crippen molar-refractivity contribution >= 4 is 5.91 Å². The SMILES string of the molecule is CC(=O)N[C@H]1COC[C@@H]1[O-].[Rb+]. The van der Waals surface area contributed by atoms with Crippen molar-refractivity contribution < 1.29 is 72.8 Å². The van der Waals surface area contributed by atoms with Crippen molar-refractivity contribution in [1.29, 1.82) is 0 Å². The van der Waals surface area contributed by atoms with Gasteiger partial charge in [0, 0.05) is 19.6 Å². The Morgan fingerprint density at radius 3 is 2.64 bits per heavy atom. The van der Waals surface area contributed by atoms with Crippen LogP contribution in [0.25, 0.3) is 0 Å². The Bertz CT molecular complexity index is 142. The summed E-state index contributed by atoms with van der Waals surface area (Å²) in [6.07, 6.45) is -0.788. The Morgan fingerprint density at radius 2 is 2.27 bits per heavy atom. The van der Waals surface area contributed by atoms with Crippen LogP contribution in [0.15, 0.2) is 0 Å². The molecule has 4 nitrogen and oxygen atoms in total. The van der Waals surface area contributed by atoms with Crippen molar-refractivity contribution in [2.24, 2.45) is 0 Å². The number of hydrogen-bond donors (Lipinski definition) is 1. The fourth-order valence-electron chi connectivity index (χ4n) is 0.930. The maximum atomic E-state index is 10.9. The van der Waals surface area contributed by atoms with Gasteiger partial charge in [0.1, 0.15) is 0 Å². The minimum Gasteiger partial charge on any atom is -0.849 e. The molecule has 1 N–H and O–H groups in total. The van der Waals surface area contributed by atoms with Crippen LogP contribution in [0.1, 0.15) is 6.92 Å². The van der Waals surface area contributed by atoms with Gasteiger partial charge in [0.25, 0.3) is 0 Å². The number of amides is 1. The molecule has 0 unspecified atom stereocenters. The summed E-state index contributed by atoms with van der Waals surface area (Å²) < 4.78 is 4.84. The molecule has 1 rings (SSSR count). The zero-order chi connectivity index (χ0) is 7.56. The normalized spacial score (nSPS) is 29.3. The third kappa shape index (κ3) is 4.10. The topological polar surface area (TPSA) is 61.4 Å². The van der Waals surface area contributed by atoms with E-state index in [-0.39, 0.29) is 76.7 Å². The van der Waals surface area contributed by atoms with Crippen LogP contribution in [0.4, 0.5) is 0 Å². The Balaban J connectivity index is 0.000001000. The van der Waals surface area contributed by atoms with Crippen molar-refractivity contribution in [1.82, 2.24) is 5.32 Å². The summed E-state index contributed by atoms with van der Waals surface area (Å²) in [6.45, 7) is 1.96. The largest absolute Gasteiger partial charge is 1.00 e. The minimum absolute atomic E-state index is 0. The third-order valence-electron chi connectivity index (χ3n) is 1.42. The van der Waals surface area contributed by atoms with E-state index in [1.807, 2.05) is 0 Å². The standard InChI is InChI=1S/C6H10NO3.Rb/c1-4(8)7-5-2-10-3-6(5)9;/h5-6H,2-3H2,1H3,(H,7,8);/q-1;+1/t5-,6-;/m0./s1. The second-order valence-corrected chi connectivity index (χ2v) is 2.38. The van der Waals surface area contributed by atoms with Crippen molar-refractivity contribution in [3.63, 3.8) is 0 Å². The first-order valence-corrected chi connectivity index (χ1v) is 3.21. The van der Waals surface area contributed by atoms with Gasteiger partial charge < -0.3 is 15.2 Å².